The van der Waals surface area contributed by atoms with Crippen LogP contribution in [0.15, 0.2) is 97.2 Å². The van der Waals surface area contributed by atoms with Gasteiger partial charge in [0.1, 0.15) is 11.6 Å². The number of nitrogens with one attached hydrogen (secondary N) is 3. The summed E-state index contributed by atoms with van der Waals surface area (Å²) < 4.78 is 40.0. The molecule has 6 heterocycles. The number of carbonyl (C=O) groups excluding carboxylic acids is 4. The number of aromatic nitrogens is 4. The number of carbonyl (C=O) groups is 4. The van der Waals surface area contributed by atoms with Crippen LogP contribution in [-0.4, -0.2) is 111 Å². The Morgan fingerprint density at radius 1 is 0.944 bits per heavy atom. The molecule has 3 atom stereocenters. The standard InChI is InChI=1S/C53H54F2N10O5S/c1-31-25-63(26-32(2)65(31)28-48(67)57-36-16-17-39-43(23-36)62(4)61-49(39)40-18-20-47(66)59-51(40)69)29-53(54,55)30-70-44-13-8-10-37(33(44)3)35-15-19-46(56-24-35)64-22-21-34-9-7-11-38(41(34)27-64)50(68)60-52-58-42-12-5-6-14-45(42)71-52/h5-17,19,23-24,31-32,40H,18,20-22,25-30H2,1-4H3,(H,57,67)(H,58,60,68)(H,59,66,69). The number of halogens is 2. The first-order chi connectivity index (χ1) is 34.2. The number of aryl methyl sites for hydroxylation is 1. The van der Waals surface area contributed by atoms with Crippen LogP contribution in [0.3, 0.4) is 0 Å². The topological polar surface area (TPSA) is 167 Å². The van der Waals surface area contributed by atoms with Gasteiger partial charge in [0.2, 0.25) is 17.7 Å². The Kier molecular flexibility index (Phi) is 13.1. The van der Waals surface area contributed by atoms with Crippen LogP contribution < -0.4 is 25.6 Å². The minimum absolute atomic E-state index is 0.0786. The first-order valence-electron chi connectivity index (χ1n) is 23.8. The summed E-state index contributed by atoms with van der Waals surface area (Å²) >= 11 is 1.44. The molecule has 0 aliphatic carbocycles. The maximum atomic E-state index is 15.7. The Labute approximate surface area is 413 Å². The molecule has 3 aliphatic rings. The molecule has 71 heavy (non-hydrogen) atoms. The number of hydrogen-bond acceptors (Lipinski definition) is 12. The van der Waals surface area contributed by atoms with E-state index in [2.05, 4.69) is 37.0 Å². The quantitative estimate of drug-likeness (QED) is 0.0961. The Bertz CT molecular complexity index is 3150. The van der Waals surface area contributed by atoms with Gasteiger partial charge in [0.05, 0.1) is 40.4 Å². The molecular weight excluding hydrogens is 927 g/mol. The van der Waals surface area contributed by atoms with Crippen LogP contribution >= 0.6 is 11.3 Å². The van der Waals surface area contributed by atoms with Crippen molar-refractivity contribution in [2.24, 2.45) is 7.05 Å². The van der Waals surface area contributed by atoms with Crippen LogP contribution in [-0.2, 0) is 34.4 Å². The van der Waals surface area contributed by atoms with Crippen LogP contribution in [0.4, 0.5) is 25.4 Å². The Balaban J connectivity index is 0.720. The number of piperidine rings is 1. The molecule has 0 radical (unpaired) electrons. The van der Waals surface area contributed by atoms with Crippen LogP contribution in [0.25, 0.3) is 32.2 Å². The van der Waals surface area contributed by atoms with Crippen molar-refractivity contribution >= 4 is 72.7 Å². The molecule has 10 rings (SSSR count). The number of rotatable bonds is 13. The summed E-state index contributed by atoms with van der Waals surface area (Å²) in [6, 6.07) is 28.0. The molecular formula is C53H54F2N10O5S. The third kappa shape index (κ3) is 10.1. The van der Waals surface area contributed by atoms with Gasteiger partial charge >= 0.3 is 0 Å². The van der Waals surface area contributed by atoms with E-state index in [4.69, 9.17) is 9.72 Å². The van der Waals surface area contributed by atoms with E-state index < -0.39 is 25.0 Å². The molecule has 18 heteroatoms. The number of ether oxygens (including phenoxy) is 1. The average molecular weight is 981 g/mol. The van der Waals surface area contributed by atoms with E-state index in [1.54, 1.807) is 47.1 Å². The number of nitrogens with zero attached hydrogens (tertiary/aromatic N) is 7. The number of amides is 4. The minimum Gasteiger partial charge on any atom is -0.487 e. The summed E-state index contributed by atoms with van der Waals surface area (Å²) in [4.78, 5) is 66.5. The summed E-state index contributed by atoms with van der Waals surface area (Å²) in [5.41, 5.74) is 7.78. The zero-order valence-electron chi connectivity index (χ0n) is 39.9. The zero-order valence-corrected chi connectivity index (χ0v) is 40.7. The number of para-hydroxylation sites is 1. The first-order valence-corrected chi connectivity index (χ1v) is 24.7. The monoisotopic (exact) mass is 980 g/mol. The van der Waals surface area contributed by atoms with E-state index in [0.29, 0.717) is 53.9 Å². The lowest BCUT2D eigenvalue weighted by atomic mass is 9.93. The molecule has 2 saturated heterocycles. The van der Waals surface area contributed by atoms with Crippen molar-refractivity contribution in [1.82, 2.24) is 34.9 Å². The highest BCUT2D eigenvalue weighted by Gasteiger charge is 2.39. The first kappa shape index (κ1) is 47.5. The maximum absolute atomic E-state index is 15.7. The molecule has 3 unspecified atom stereocenters. The highest BCUT2D eigenvalue weighted by Crippen LogP contribution is 2.35. The fourth-order valence-electron chi connectivity index (χ4n) is 10.3. The van der Waals surface area contributed by atoms with Gasteiger partial charge in [0.25, 0.3) is 11.8 Å². The molecule has 3 aliphatic heterocycles. The molecule has 3 N–H and O–H groups in total. The van der Waals surface area contributed by atoms with Gasteiger partial charge in [0, 0.05) is 80.1 Å². The zero-order chi connectivity index (χ0) is 49.6. The maximum Gasteiger partial charge on any atom is 0.293 e. The van der Waals surface area contributed by atoms with E-state index in [1.807, 2.05) is 86.3 Å². The number of thiazole rings is 1. The summed E-state index contributed by atoms with van der Waals surface area (Å²) in [6.07, 6.45) is 3.16. The number of fused-ring (bicyclic) bond motifs is 3. The van der Waals surface area contributed by atoms with Crippen LogP contribution in [0, 0.1) is 6.92 Å². The Morgan fingerprint density at radius 3 is 2.52 bits per heavy atom. The minimum atomic E-state index is -3.16. The molecule has 15 nitrogen and oxygen atoms in total. The highest BCUT2D eigenvalue weighted by atomic mass is 32.1. The molecule has 0 spiro atoms. The van der Waals surface area contributed by atoms with E-state index in [-0.39, 0.29) is 48.7 Å². The number of anilines is 3. The second-order valence-electron chi connectivity index (χ2n) is 18.9. The lowest BCUT2D eigenvalue weighted by Crippen LogP contribution is -2.60. The highest BCUT2D eigenvalue weighted by molar-refractivity contribution is 7.22. The fraction of sp³-hybridized carbons (Fsp3) is 0.340. The van der Waals surface area contributed by atoms with Crippen molar-refractivity contribution < 1.29 is 32.7 Å². The summed E-state index contributed by atoms with van der Waals surface area (Å²) in [7, 11) is 1.77. The molecule has 3 aromatic heterocycles. The van der Waals surface area contributed by atoms with Crippen molar-refractivity contribution in [1.29, 1.82) is 0 Å². The molecule has 0 saturated carbocycles. The lowest BCUT2D eigenvalue weighted by Gasteiger charge is -2.44. The van der Waals surface area contributed by atoms with Gasteiger partial charge in [-0.1, -0.05) is 47.7 Å². The van der Waals surface area contributed by atoms with E-state index in [1.165, 1.54) is 11.3 Å². The number of benzene rings is 4. The van der Waals surface area contributed by atoms with Crippen molar-refractivity contribution in [3.63, 3.8) is 0 Å². The van der Waals surface area contributed by atoms with Gasteiger partial charge in [-0.15, -0.1) is 0 Å². The lowest BCUT2D eigenvalue weighted by molar-refractivity contribution is -0.134. The molecule has 4 aromatic carbocycles. The third-order valence-electron chi connectivity index (χ3n) is 13.8. The van der Waals surface area contributed by atoms with Crippen molar-refractivity contribution in [3.8, 4) is 16.9 Å². The van der Waals surface area contributed by atoms with Gasteiger partial charge in [-0.2, -0.15) is 5.10 Å². The van der Waals surface area contributed by atoms with E-state index in [0.717, 1.165) is 67.7 Å². The van der Waals surface area contributed by atoms with Crippen molar-refractivity contribution in [2.45, 2.75) is 70.5 Å². The number of hydrogen-bond donors (Lipinski definition) is 3. The molecule has 4 amide bonds. The largest absolute Gasteiger partial charge is 0.487 e. The van der Waals surface area contributed by atoms with Crippen molar-refractivity contribution in [3.05, 3.63) is 125 Å². The Morgan fingerprint density at radius 2 is 1.75 bits per heavy atom. The smallest absolute Gasteiger partial charge is 0.293 e. The summed E-state index contributed by atoms with van der Waals surface area (Å²) in [6.45, 7) is 6.46. The number of imide groups is 1. The molecule has 0 bridgehead atoms. The van der Waals surface area contributed by atoms with Gasteiger partial charge in [-0.25, -0.2) is 18.7 Å². The molecule has 366 valence electrons. The van der Waals surface area contributed by atoms with Gasteiger partial charge in [-0.3, -0.25) is 44.3 Å². The second-order valence-corrected chi connectivity index (χ2v) is 19.9. The molecule has 7 aromatic rings. The number of pyridine rings is 1. The van der Waals surface area contributed by atoms with E-state index >= 15 is 8.78 Å². The Hall–Kier alpha value is -7.15. The SMILES string of the molecule is Cc1c(OCC(F)(F)CN2CC(C)N(CC(=O)Nc3ccc4c(C5CCC(=O)NC5=O)nn(C)c4c3)C(C)C2)cccc1-c1ccc(N2CCc3cccc(C(=O)Nc4nc5ccccc5s4)c3C2)nc1. The van der Waals surface area contributed by atoms with Crippen molar-refractivity contribution in [2.75, 3.05) is 54.9 Å². The van der Waals surface area contributed by atoms with Crippen LogP contribution in [0.1, 0.15) is 65.3 Å². The average Bonchev–Trinajstić information content (AvgIpc) is 3.91. The summed E-state index contributed by atoms with van der Waals surface area (Å²) in [5.74, 6) is -3.65. The van der Waals surface area contributed by atoms with Gasteiger partial charge < -0.3 is 15.0 Å². The van der Waals surface area contributed by atoms with Gasteiger partial charge in [0.15, 0.2) is 11.7 Å². The van der Waals surface area contributed by atoms with Crippen LogP contribution in [0.2, 0.25) is 0 Å². The van der Waals surface area contributed by atoms with E-state index in [9.17, 15) is 19.2 Å². The summed E-state index contributed by atoms with van der Waals surface area (Å²) in [5, 5.41) is 14.3. The predicted molar refractivity (Wildman–Crippen MR) is 270 cm³/mol. The van der Waals surface area contributed by atoms with Gasteiger partial charge in [-0.05, 0) is 110 Å². The number of piperazine rings is 1. The van der Waals surface area contributed by atoms with Crippen LogP contribution in [0.5, 0.6) is 5.75 Å². The normalized spacial score (nSPS) is 18.9. The third-order valence-corrected chi connectivity index (χ3v) is 14.8. The number of alkyl halides is 2. The second kappa shape index (κ2) is 19.6. The predicted octanol–water partition coefficient (Wildman–Crippen LogP) is 7.94. The molecule has 2 fully saturated rings. The fourth-order valence-corrected chi connectivity index (χ4v) is 11.2.